The molecule has 8 heteroatoms. The van der Waals surface area contributed by atoms with Crippen LogP contribution in [0.5, 0.6) is 0 Å². The molecule has 2 atom stereocenters. The van der Waals surface area contributed by atoms with Gasteiger partial charge in [0, 0.05) is 5.25 Å². The summed E-state index contributed by atoms with van der Waals surface area (Å²) in [5.74, 6) is -1.03. The third kappa shape index (κ3) is 7.94. The van der Waals surface area contributed by atoms with Crippen molar-refractivity contribution >= 4 is 37.2 Å². The maximum Gasteiger partial charge on any atom is 0.318 e. The number of ether oxygens (including phenoxy) is 2. The molecule has 0 aliphatic carbocycles. The van der Waals surface area contributed by atoms with Crippen molar-refractivity contribution in [3.05, 3.63) is 0 Å². The zero-order chi connectivity index (χ0) is 16.5. The van der Waals surface area contributed by atoms with Crippen molar-refractivity contribution in [2.75, 3.05) is 26.4 Å². The fourth-order valence-electron chi connectivity index (χ4n) is 1.30. The molecule has 0 aromatic rings. The highest BCUT2D eigenvalue weighted by Crippen LogP contribution is 2.19. The summed E-state index contributed by atoms with van der Waals surface area (Å²) in [6.07, 6.45) is 0.617. The molecule has 6 nitrogen and oxygen atoms in total. The highest BCUT2D eigenvalue weighted by molar-refractivity contribution is 7.81. The number of rotatable bonds is 10. The minimum absolute atomic E-state index is 0.115. The standard InChI is InChI=1S/C13H24O6S2/c1-3-10(21)12(17)19-8-13(5-14,6-15)7-18-11(16)4-9(2)20/h9-10,14-15,20-21H,3-8H2,1-2H3. The van der Waals surface area contributed by atoms with Crippen LogP contribution < -0.4 is 0 Å². The van der Waals surface area contributed by atoms with Gasteiger partial charge in [-0.05, 0) is 6.42 Å². The molecule has 124 valence electrons. The molecule has 21 heavy (non-hydrogen) atoms. The predicted octanol–water partition coefficient (Wildman–Crippen LogP) is 0.461. The summed E-state index contributed by atoms with van der Waals surface area (Å²) in [6.45, 7) is 2.07. The van der Waals surface area contributed by atoms with Crippen LogP contribution in [0.1, 0.15) is 26.7 Å². The van der Waals surface area contributed by atoms with Crippen LogP contribution in [-0.4, -0.2) is 59.1 Å². The summed E-state index contributed by atoms with van der Waals surface area (Å²) in [6, 6.07) is 0. The first-order valence-electron chi connectivity index (χ1n) is 6.70. The molecule has 0 heterocycles. The summed E-state index contributed by atoms with van der Waals surface area (Å²) in [5, 5.41) is 18.1. The average Bonchev–Trinajstić information content (AvgIpc) is 2.46. The van der Waals surface area contributed by atoms with E-state index in [2.05, 4.69) is 25.3 Å². The van der Waals surface area contributed by atoms with Crippen molar-refractivity contribution in [1.29, 1.82) is 0 Å². The molecule has 0 spiro atoms. The number of hydrogen-bond acceptors (Lipinski definition) is 8. The maximum atomic E-state index is 11.6. The second-order valence-corrected chi connectivity index (χ2v) is 6.57. The topological polar surface area (TPSA) is 93.1 Å². The Labute approximate surface area is 136 Å². The molecular weight excluding hydrogens is 316 g/mol. The van der Waals surface area contributed by atoms with E-state index in [9.17, 15) is 19.8 Å². The van der Waals surface area contributed by atoms with E-state index in [4.69, 9.17) is 9.47 Å². The Morgan fingerprint density at radius 3 is 2.10 bits per heavy atom. The van der Waals surface area contributed by atoms with E-state index in [1.807, 2.05) is 0 Å². The van der Waals surface area contributed by atoms with Gasteiger partial charge in [0.15, 0.2) is 0 Å². The van der Waals surface area contributed by atoms with Gasteiger partial charge in [-0.15, -0.1) is 0 Å². The van der Waals surface area contributed by atoms with E-state index < -0.39 is 35.8 Å². The molecule has 0 aromatic carbocycles. The highest BCUT2D eigenvalue weighted by Gasteiger charge is 2.33. The van der Waals surface area contributed by atoms with Crippen LogP contribution in [0.2, 0.25) is 0 Å². The van der Waals surface area contributed by atoms with Crippen molar-refractivity contribution in [2.24, 2.45) is 5.41 Å². The second-order valence-electron chi connectivity index (χ2n) is 5.06. The van der Waals surface area contributed by atoms with Crippen LogP contribution in [0.3, 0.4) is 0 Å². The van der Waals surface area contributed by atoms with Crippen molar-refractivity contribution in [1.82, 2.24) is 0 Å². The molecular formula is C13H24O6S2. The van der Waals surface area contributed by atoms with Crippen molar-refractivity contribution in [2.45, 2.75) is 37.2 Å². The minimum Gasteiger partial charge on any atom is -0.465 e. The lowest BCUT2D eigenvalue weighted by molar-refractivity contribution is -0.158. The maximum absolute atomic E-state index is 11.6. The first-order valence-corrected chi connectivity index (χ1v) is 7.73. The molecule has 0 rings (SSSR count). The summed E-state index contributed by atoms with van der Waals surface area (Å²) >= 11 is 8.11. The zero-order valence-electron chi connectivity index (χ0n) is 12.3. The Hall–Kier alpha value is -0.440. The molecule has 0 saturated carbocycles. The van der Waals surface area contributed by atoms with Crippen LogP contribution in [0.4, 0.5) is 0 Å². The smallest absolute Gasteiger partial charge is 0.318 e. The van der Waals surface area contributed by atoms with Crippen molar-refractivity contribution in [3.8, 4) is 0 Å². The fraction of sp³-hybridized carbons (Fsp3) is 0.846. The van der Waals surface area contributed by atoms with E-state index in [1.54, 1.807) is 13.8 Å². The quantitative estimate of drug-likeness (QED) is 0.341. The lowest BCUT2D eigenvalue weighted by Crippen LogP contribution is -2.41. The summed E-state index contributed by atoms with van der Waals surface area (Å²) in [4.78, 5) is 23.0. The Kier molecular flexibility index (Phi) is 10.1. The number of esters is 2. The summed E-state index contributed by atoms with van der Waals surface area (Å²) in [5.41, 5.74) is -1.22. The van der Waals surface area contributed by atoms with Crippen LogP contribution >= 0.6 is 25.3 Å². The molecule has 0 aliphatic heterocycles. The van der Waals surface area contributed by atoms with E-state index >= 15 is 0 Å². The number of aliphatic hydroxyl groups excluding tert-OH is 2. The highest BCUT2D eigenvalue weighted by atomic mass is 32.1. The monoisotopic (exact) mass is 340 g/mol. The third-order valence-corrected chi connectivity index (χ3v) is 3.61. The Morgan fingerprint density at radius 1 is 1.14 bits per heavy atom. The van der Waals surface area contributed by atoms with Crippen LogP contribution in [0.25, 0.3) is 0 Å². The van der Waals surface area contributed by atoms with Gasteiger partial charge in [0.25, 0.3) is 0 Å². The van der Waals surface area contributed by atoms with E-state index in [0.29, 0.717) is 6.42 Å². The molecule has 2 N–H and O–H groups in total. The Balaban J connectivity index is 4.48. The van der Waals surface area contributed by atoms with Gasteiger partial charge < -0.3 is 19.7 Å². The molecule has 0 aliphatic rings. The predicted molar refractivity (Wildman–Crippen MR) is 84.7 cm³/mol. The van der Waals surface area contributed by atoms with Gasteiger partial charge in [-0.2, -0.15) is 25.3 Å². The number of carbonyl (C=O) groups is 2. The molecule has 0 aromatic heterocycles. The van der Waals surface area contributed by atoms with Crippen LogP contribution in [0.15, 0.2) is 0 Å². The number of aliphatic hydroxyl groups is 2. The second kappa shape index (κ2) is 10.3. The van der Waals surface area contributed by atoms with Crippen LogP contribution in [0, 0.1) is 5.41 Å². The third-order valence-electron chi connectivity index (χ3n) is 2.85. The molecule has 0 radical (unpaired) electrons. The van der Waals surface area contributed by atoms with Gasteiger partial charge in [0.2, 0.25) is 0 Å². The van der Waals surface area contributed by atoms with E-state index in [-0.39, 0.29) is 24.9 Å². The largest absolute Gasteiger partial charge is 0.465 e. The lowest BCUT2D eigenvalue weighted by Gasteiger charge is -2.29. The van der Waals surface area contributed by atoms with Gasteiger partial charge in [-0.3, -0.25) is 9.59 Å². The van der Waals surface area contributed by atoms with Gasteiger partial charge in [0.05, 0.1) is 30.3 Å². The molecule has 2 unspecified atom stereocenters. The van der Waals surface area contributed by atoms with Gasteiger partial charge in [-0.25, -0.2) is 0 Å². The zero-order valence-corrected chi connectivity index (χ0v) is 14.1. The number of carbonyl (C=O) groups excluding carboxylic acids is 2. The summed E-state index contributed by atoms with van der Waals surface area (Å²) < 4.78 is 10.0. The number of thiol groups is 2. The molecule has 0 bridgehead atoms. The van der Waals surface area contributed by atoms with E-state index in [1.165, 1.54) is 0 Å². The molecule has 0 fully saturated rings. The van der Waals surface area contributed by atoms with Gasteiger partial charge in [0.1, 0.15) is 13.2 Å². The average molecular weight is 340 g/mol. The number of hydrogen-bond donors (Lipinski definition) is 4. The van der Waals surface area contributed by atoms with E-state index in [0.717, 1.165) is 0 Å². The molecule has 0 saturated heterocycles. The SMILES string of the molecule is CCC(S)C(=O)OCC(CO)(CO)COC(=O)CC(C)S. The Bertz CT molecular complexity index is 331. The van der Waals surface area contributed by atoms with Gasteiger partial charge in [-0.1, -0.05) is 13.8 Å². The first kappa shape index (κ1) is 20.6. The first-order chi connectivity index (χ1) is 9.80. The minimum atomic E-state index is -1.22. The summed E-state index contributed by atoms with van der Waals surface area (Å²) in [7, 11) is 0. The Morgan fingerprint density at radius 2 is 1.67 bits per heavy atom. The lowest BCUT2D eigenvalue weighted by atomic mass is 9.92. The van der Waals surface area contributed by atoms with Gasteiger partial charge >= 0.3 is 11.9 Å². The fourth-order valence-corrected chi connectivity index (χ4v) is 1.52. The van der Waals surface area contributed by atoms with Crippen molar-refractivity contribution < 1.29 is 29.3 Å². The molecule has 0 amide bonds. The van der Waals surface area contributed by atoms with Crippen LogP contribution in [-0.2, 0) is 19.1 Å². The normalized spacial score (nSPS) is 14.4. The van der Waals surface area contributed by atoms with Crippen molar-refractivity contribution in [3.63, 3.8) is 0 Å².